The van der Waals surface area contributed by atoms with Gasteiger partial charge in [-0.25, -0.2) is 9.59 Å². The first-order chi connectivity index (χ1) is 5.02. The van der Waals surface area contributed by atoms with Crippen LogP contribution in [-0.4, -0.2) is 22.2 Å². The van der Waals surface area contributed by atoms with E-state index in [0.29, 0.717) is 6.08 Å². The Hall–Kier alpha value is -1.29. The molecular formula is C6H5ClO4. The number of aliphatic carboxylic acids is 2. The van der Waals surface area contributed by atoms with Crippen LogP contribution >= 0.6 is 11.6 Å². The van der Waals surface area contributed by atoms with E-state index in [1.165, 1.54) is 0 Å². The van der Waals surface area contributed by atoms with Crippen LogP contribution in [0.2, 0.25) is 0 Å². The summed E-state index contributed by atoms with van der Waals surface area (Å²) in [5.74, 6) is -2.40. The number of carboxylic acids is 2. The second kappa shape index (κ2) is 4.51. The molecule has 0 unspecified atom stereocenters. The lowest BCUT2D eigenvalue weighted by molar-refractivity contribution is -0.132. The fourth-order valence-electron chi connectivity index (χ4n) is 0.317. The lowest BCUT2D eigenvalue weighted by Crippen LogP contribution is -1.89. The standard InChI is InChI=1S/C6H5ClO4/c7-4(3-6(10)11)1-2-5(8)9/h1-3H,(H,8,9)(H,10,11). The highest BCUT2D eigenvalue weighted by atomic mass is 35.5. The normalized spacial score (nSPS) is 11.9. The van der Waals surface area contributed by atoms with Crippen LogP contribution in [0.25, 0.3) is 0 Å². The molecule has 0 aliphatic carbocycles. The van der Waals surface area contributed by atoms with Gasteiger partial charge in [-0.15, -0.1) is 0 Å². The van der Waals surface area contributed by atoms with Gasteiger partial charge < -0.3 is 10.2 Å². The van der Waals surface area contributed by atoms with Gasteiger partial charge >= 0.3 is 11.9 Å². The molecule has 0 aromatic rings. The quantitative estimate of drug-likeness (QED) is 0.494. The fourth-order valence-corrected chi connectivity index (χ4v) is 0.473. The predicted molar refractivity (Wildman–Crippen MR) is 38.3 cm³/mol. The maximum absolute atomic E-state index is 9.91. The average molecular weight is 177 g/mol. The van der Waals surface area contributed by atoms with Crippen molar-refractivity contribution in [1.82, 2.24) is 0 Å². The Morgan fingerprint density at radius 3 is 2.00 bits per heavy atom. The number of hydrogen-bond acceptors (Lipinski definition) is 2. The summed E-state index contributed by atoms with van der Waals surface area (Å²) < 4.78 is 0. The van der Waals surface area contributed by atoms with Crippen molar-refractivity contribution in [3.63, 3.8) is 0 Å². The third kappa shape index (κ3) is 6.60. The molecule has 11 heavy (non-hydrogen) atoms. The lowest BCUT2D eigenvalue weighted by Gasteiger charge is -1.83. The van der Waals surface area contributed by atoms with Gasteiger partial charge in [0.1, 0.15) is 0 Å². The van der Waals surface area contributed by atoms with E-state index in [1.54, 1.807) is 0 Å². The molecule has 0 amide bonds. The molecule has 0 rings (SSSR count). The minimum atomic E-state index is -1.22. The monoisotopic (exact) mass is 176 g/mol. The Labute approximate surface area is 67.4 Å². The molecule has 0 aromatic carbocycles. The van der Waals surface area contributed by atoms with E-state index < -0.39 is 11.9 Å². The molecule has 0 saturated heterocycles. The van der Waals surface area contributed by atoms with Crippen molar-refractivity contribution in [1.29, 1.82) is 0 Å². The van der Waals surface area contributed by atoms with Crippen molar-refractivity contribution in [2.45, 2.75) is 0 Å². The minimum absolute atomic E-state index is 0.139. The highest BCUT2D eigenvalue weighted by Crippen LogP contribution is 2.01. The molecule has 0 spiro atoms. The van der Waals surface area contributed by atoms with Crippen molar-refractivity contribution in [2.24, 2.45) is 0 Å². The molecule has 0 aromatic heterocycles. The summed E-state index contributed by atoms with van der Waals surface area (Å²) in [6.45, 7) is 0. The highest BCUT2D eigenvalue weighted by molar-refractivity contribution is 6.32. The molecule has 0 radical (unpaired) electrons. The molecule has 0 fully saturated rings. The summed E-state index contributed by atoms with van der Waals surface area (Å²) in [5.41, 5.74) is 0. The van der Waals surface area contributed by atoms with E-state index in [2.05, 4.69) is 0 Å². The van der Waals surface area contributed by atoms with Gasteiger partial charge in [-0.3, -0.25) is 0 Å². The van der Waals surface area contributed by atoms with Gasteiger partial charge in [0.15, 0.2) is 0 Å². The van der Waals surface area contributed by atoms with Gasteiger partial charge in [0, 0.05) is 17.2 Å². The van der Waals surface area contributed by atoms with E-state index in [-0.39, 0.29) is 5.03 Å². The van der Waals surface area contributed by atoms with Crippen LogP contribution in [0, 0.1) is 0 Å². The molecule has 0 atom stereocenters. The molecule has 0 heterocycles. The Kier molecular flexibility index (Phi) is 3.98. The number of carbonyl (C=O) groups is 2. The van der Waals surface area contributed by atoms with Crippen molar-refractivity contribution in [3.8, 4) is 0 Å². The van der Waals surface area contributed by atoms with E-state index in [0.717, 1.165) is 12.2 Å². The predicted octanol–water partition coefficient (Wildman–Crippen LogP) is 0.835. The molecule has 60 valence electrons. The van der Waals surface area contributed by atoms with Gasteiger partial charge in [0.05, 0.1) is 0 Å². The second-order valence-corrected chi connectivity index (χ2v) is 1.98. The molecule has 0 aliphatic heterocycles. The first-order valence-corrected chi connectivity index (χ1v) is 2.91. The van der Waals surface area contributed by atoms with Crippen LogP contribution in [0.4, 0.5) is 0 Å². The zero-order chi connectivity index (χ0) is 8.85. The summed E-state index contributed by atoms with van der Waals surface area (Å²) in [5, 5.41) is 16.0. The van der Waals surface area contributed by atoms with Crippen LogP contribution in [0.15, 0.2) is 23.3 Å². The Morgan fingerprint density at radius 2 is 1.64 bits per heavy atom. The maximum Gasteiger partial charge on any atom is 0.329 e. The summed E-state index contributed by atoms with van der Waals surface area (Å²) in [6, 6.07) is 0. The first-order valence-electron chi connectivity index (χ1n) is 2.53. The van der Waals surface area contributed by atoms with E-state index in [9.17, 15) is 9.59 Å². The Bertz CT molecular complexity index is 229. The van der Waals surface area contributed by atoms with Crippen LogP contribution in [0.5, 0.6) is 0 Å². The number of allylic oxidation sites excluding steroid dienone is 2. The fraction of sp³-hybridized carbons (Fsp3) is 0. The third-order valence-electron chi connectivity index (χ3n) is 0.646. The van der Waals surface area contributed by atoms with E-state index in [4.69, 9.17) is 21.8 Å². The lowest BCUT2D eigenvalue weighted by atomic mass is 10.4. The van der Waals surface area contributed by atoms with Crippen LogP contribution < -0.4 is 0 Å². The summed E-state index contributed by atoms with van der Waals surface area (Å²) in [4.78, 5) is 19.8. The third-order valence-corrected chi connectivity index (χ3v) is 0.882. The number of hydrogen-bond donors (Lipinski definition) is 2. The zero-order valence-corrected chi connectivity index (χ0v) is 6.08. The van der Waals surface area contributed by atoms with Gasteiger partial charge in [0.2, 0.25) is 0 Å². The van der Waals surface area contributed by atoms with Gasteiger partial charge in [0.25, 0.3) is 0 Å². The number of rotatable bonds is 3. The van der Waals surface area contributed by atoms with E-state index >= 15 is 0 Å². The summed E-state index contributed by atoms with van der Waals surface area (Å²) in [7, 11) is 0. The summed E-state index contributed by atoms with van der Waals surface area (Å²) in [6.07, 6.45) is 2.43. The molecule has 5 heteroatoms. The number of carboxylic acid groups (broad SMARTS) is 2. The van der Waals surface area contributed by atoms with Gasteiger partial charge in [-0.2, -0.15) is 0 Å². The first kappa shape index (κ1) is 9.71. The van der Waals surface area contributed by atoms with Gasteiger partial charge in [-0.1, -0.05) is 11.6 Å². The topological polar surface area (TPSA) is 74.6 Å². The Balaban J connectivity index is 4.17. The van der Waals surface area contributed by atoms with Crippen molar-refractivity contribution >= 4 is 23.5 Å². The van der Waals surface area contributed by atoms with Crippen molar-refractivity contribution in [3.05, 3.63) is 23.3 Å². The largest absolute Gasteiger partial charge is 0.478 e. The molecule has 0 saturated carbocycles. The smallest absolute Gasteiger partial charge is 0.329 e. The second-order valence-electron chi connectivity index (χ2n) is 1.54. The molecule has 0 bridgehead atoms. The SMILES string of the molecule is O=C(O)C=CC(Cl)=CC(=O)O. The number of halogens is 1. The average Bonchev–Trinajstić information content (AvgIpc) is 1.82. The molecular weight excluding hydrogens is 172 g/mol. The Morgan fingerprint density at radius 1 is 1.09 bits per heavy atom. The molecule has 2 N–H and O–H groups in total. The zero-order valence-electron chi connectivity index (χ0n) is 5.32. The van der Waals surface area contributed by atoms with Gasteiger partial charge in [-0.05, 0) is 6.08 Å². The molecule has 0 aliphatic rings. The summed E-state index contributed by atoms with van der Waals surface area (Å²) >= 11 is 5.25. The maximum atomic E-state index is 9.91. The highest BCUT2D eigenvalue weighted by Gasteiger charge is 1.92. The van der Waals surface area contributed by atoms with Crippen LogP contribution in [-0.2, 0) is 9.59 Å². The van der Waals surface area contributed by atoms with Crippen molar-refractivity contribution < 1.29 is 19.8 Å². The van der Waals surface area contributed by atoms with E-state index in [1.807, 2.05) is 0 Å². The van der Waals surface area contributed by atoms with Crippen LogP contribution in [0.3, 0.4) is 0 Å². The van der Waals surface area contributed by atoms with Crippen LogP contribution in [0.1, 0.15) is 0 Å². The van der Waals surface area contributed by atoms with Crippen molar-refractivity contribution in [2.75, 3.05) is 0 Å². The molecule has 4 nitrogen and oxygen atoms in total. The minimum Gasteiger partial charge on any atom is -0.478 e.